The van der Waals surface area contributed by atoms with Gasteiger partial charge in [0.1, 0.15) is 11.9 Å². The summed E-state index contributed by atoms with van der Waals surface area (Å²) in [6, 6.07) is 9.82. The number of ether oxygens (including phenoxy) is 1. The van der Waals surface area contributed by atoms with Crippen LogP contribution in [0.2, 0.25) is 0 Å². The molecular weight excluding hydrogens is 290 g/mol. The van der Waals surface area contributed by atoms with E-state index in [0.29, 0.717) is 19.7 Å². The first-order valence-corrected chi connectivity index (χ1v) is 7.77. The van der Waals surface area contributed by atoms with Gasteiger partial charge >= 0.3 is 0 Å². The Morgan fingerprint density at radius 1 is 1.35 bits per heavy atom. The van der Waals surface area contributed by atoms with Crippen molar-refractivity contribution in [3.05, 3.63) is 59.7 Å². The minimum absolute atomic E-state index is 0.00749. The number of aromatic nitrogens is 2. The molecule has 0 unspecified atom stereocenters. The highest BCUT2D eigenvalue weighted by Crippen LogP contribution is 2.21. The Morgan fingerprint density at radius 2 is 2.13 bits per heavy atom. The molecule has 120 valence electrons. The fourth-order valence-corrected chi connectivity index (χ4v) is 2.78. The van der Waals surface area contributed by atoms with E-state index >= 15 is 0 Å². The molecule has 1 amide bonds. The first-order valence-electron chi connectivity index (χ1n) is 7.77. The van der Waals surface area contributed by atoms with E-state index < -0.39 is 0 Å². The second-order valence-corrected chi connectivity index (χ2v) is 5.74. The van der Waals surface area contributed by atoms with Crippen LogP contribution in [-0.2, 0) is 16.6 Å². The highest BCUT2D eigenvalue weighted by Gasteiger charge is 2.27. The molecule has 1 fully saturated rings. The molecule has 1 aliphatic heterocycles. The molecule has 1 aromatic carbocycles. The third-order valence-corrected chi connectivity index (χ3v) is 3.92. The van der Waals surface area contributed by atoms with E-state index in [1.807, 2.05) is 66.0 Å². The van der Waals surface area contributed by atoms with Gasteiger partial charge in [0.25, 0.3) is 0 Å². The summed E-state index contributed by atoms with van der Waals surface area (Å²) in [7, 11) is 1.95. The van der Waals surface area contributed by atoms with Gasteiger partial charge in [-0.15, -0.1) is 0 Å². The Bertz CT molecular complexity index is 706. The zero-order valence-corrected chi connectivity index (χ0v) is 13.5. The number of aryl methyl sites for hydroxylation is 2. The molecule has 0 N–H and O–H groups in total. The van der Waals surface area contributed by atoms with Crippen LogP contribution in [0.15, 0.2) is 42.6 Å². The normalized spacial score (nSPS) is 18.5. The first-order chi connectivity index (χ1) is 11.1. The summed E-state index contributed by atoms with van der Waals surface area (Å²) >= 11 is 0. The van der Waals surface area contributed by atoms with Crippen LogP contribution in [0.1, 0.15) is 23.2 Å². The summed E-state index contributed by atoms with van der Waals surface area (Å²) in [4.78, 5) is 18.7. The van der Waals surface area contributed by atoms with Gasteiger partial charge in [-0.3, -0.25) is 4.79 Å². The fraction of sp³-hybridized carbons (Fsp3) is 0.333. The van der Waals surface area contributed by atoms with Gasteiger partial charge in [0.2, 0.25) is 5.91 Å². The molecular formula is C18H21N3O2. The predicted octanol–water partition coefficient (Wildman–Crippen LogP) is 2.34. The van der Waals surface area contributed by atoms with E-state index in [1.165, 1.54) is 0 Å². The van der Waals surface area contributed by atoms with Crippen LogP contribution in [0.3, 0.4) is 0 Å². The van der Waals surface area contributed by atoms with E-state index in [1.54, 1.807) is 6.08 Å². The molecule has 0 spiro atoms. The van der Waals surface area contributed by atoms with Gasteiger partial charge in [-0.1, -0.05) is 30.3 Å². The van der Waals surface area contributed by atoms with Crippen molar-refractivity contribution in [1.29, 1.82) is 0 Å². The maximum absolute atomic E-state index is 12.4. The van der Waals surface area contributed by atoms with Crippen molar-refractivity contribution in [2.75, 3.05) is 19.7 Å². The second kappa shape index (κ2) is 6.79. The van der Waals surface area contributed by atoms with Crippen molar-refractivity contribution in [2.24, 2.45) is 7.05 Å². The molecule has 1 atom stereocenters. The zero-order valence-electron chi connectivity index (χ0n) is 13.5. The Kier molecular flexibility index (Phi) is 4.57. The average molecular weight is 311 g/mol. The number of carbonyl (C=O) groups excluding carboxylic acids is 1. The summed E-state index contributed by atoms with van der Waals surface area (Å²) < 4.78 is 7.77. The van der Waals surface area contributed by atoms with Gasteiger partial charge in [0, 0.05) is 25.9 Å². The summed E-state index contributed by atoms with van der Waals surface area (Å²) in [6.07, 6.45) is 5.27. The van der Waals surface area contributed by atoms with E-state index in [0.717, 1.165) is 17.1 Å². The number of rotatable bonds is 3. The van der Waals surface area contributed by atoms with Crippen LogP contribution >= 0.6 is 0 Å². The topological polar surface area (TPSA) is 47.4 Å². The van der Waals surface area contributed by atoms with Crippen LogP contribution in [0, 0.1) is 6.92 Å². The van der Waals surface area contributed by atoms with Crippen molar-refractivity contribution >= 4 is 12.0 Å². The van der Waals surface area contributed by atoms with Crippen molar-refractivity contribution in [1.82, 2.24) is 14.5 Å². The van der Waals surface area contributed by atoms with Gasteiger partial charge < -0.3 is 14.2 Å². The predicted molar refractivity (Wildman–Crippen MR) is 88.7 cm³/mol. The third kappa shape index (κ3) is 3.68. The Labute approximate surface area is 136 Å². The van der Waals surface area contributed by atoms with Crippen LogP contribution < -0.4 is 0 Å². The molecule has 0 saturated carbocycles. The number of nitrogens with zero attached hydrogens (tertiary/aromatic N) is 3. The largest absolute Gasteiger partial charge is 0.367 e. The van der Waals surface area contributed by atoms with Gasteiger partial charge in [-0.05, 0) is 18.6 Å². The van der Waals surface area contributed by atoms with Gasteiger partial charge in [-0.25, -0.2) is 4.98 Å². The van der Waals surface area contributed by atoms with Gasteiger partial charge in [0.15, 0.2) is 0 Å². The number of hydrogen-bond acceptors (Lipinski definition) is 3. The maximum atomic E-state index is 12.4. The molecule has 0 radical (unpaired) electrons. The summed E-state index contributed by atoms with van der Waals surface area (Å²) in [5, 5.41) is 0. The molecule has 5 nitrogen and oxygen atoms in total. The van der Waals surface area contributed by atoms with Crippen LogP contribution in [0.4, 0.5) is 0 Å². The number of morpholine rings is 1. The first kappa shape index (κ1) is 15.5. The Balaban J connectivity index is 1.67. The second-order valence-electron chi connectivity index (χ2n) is 5.74. The average Bonchev–Trinajstić information content (AvgIpc) is 2.92. The Morgan fingerprint density at radius 3 is 2.83 bits per heavy atom. The zero-order chi connectivity index (χ0) is 16.2. The molecule has 1 saturated heterocycles. The molecule has 5 heteroatoms. The lowest BCUT2D eigenvalue weighted by molar-refractivity contribution is -0.134. The standard InChI is InChI=1S/C18H21N3O2/c1-14-12-20(2)18(19-14)16-13-21(10-11-23-16)17(22)9-8-15-6-4-3-5-7-15/h3-9,12,16H,10-11,13H2,1-2H3/b9-8+/t16-/m0/s1. The SMILES string of the molecule is Cc1cn(C)c([C@@H]2CN(C(=O)/C=C/c3ccccc3)CCO2)n1. The van der Waals surface area contributed by atoms with Crippen molar-refractivity contribution < 1.29 is 9.53 Å². The number of carbonyl (C=O) groups is 1. The van der Waals surface area contributed by atoms with Crippen molar-refractivity contribution in [2.45, 2.75) is 13.0 Å². The van der Waals surface area contributed by atoms with Crippen molar-refractivity contribution in [3.8, 4) is 0 Å². The number of amides is 1. The molecule has 0 bridgehead atoms. The van der Waals surface area contributed by atoms with Crippen LogP contribution in [-0.4, -0.2) is 40.1 Å². The Hall–Kier alpha value is -2.40. The summed E-state index contributed by atoms with van der Waals surface area (Å²) in [5.41, 5.74) is 1.98. The quantitative estimate of drug-likeness (QED) is 0.818. The van der Waals surface area contributed by atoms with E-state index in [-0.39, 0.29) is 12.0 Å². The maximum Gasteiger partial charge on any atom is 0.246 e. The number of hydrogen-bond donors (Lipinski definition) is 0. The minimum atomic E-state index is -0.170. The number of benzene rings is 1. The van der Waals surface area contributed by atoms with Gasteiger partial charge in [-0.2, -0.15) is 0 Å². The molecule has 1 aliphatic rings. The minimum Gasteiger partial charge on any atom is -0.367 e. The highest BCUT2D eigenvalue weighted by atomic mass is 16.5. The third-order valence-electron chi connectivity index (χ3n) is 3.92. The van der Waals surface area contributed by atoms with Crippen LogP contribution in [0.5, 0.6) is 0 Å². The molecule has 2 heterocycles. The molecule has 3 rings (SSSR count). The van der Waals surface area contributed by atoms with E-state index in [9.17, 15) is 4.79 Å². The monoisotopic (exact) mass is 311 g/mol. The summed E-state index contributed by atoms with van der Waals surface area (Å²) in [6.45, 7) is 3.62. The van der Waals surface area contributed by atoms with E-state index in [2.05, 4.69) is 4.98 Å². The number of imidazole rings is 1. The van der Waals surface area contributed by atoms with E-state index in [4.69, 9.17) is 4.74 Å². The fourth-order valence-electron chi connectivity index (χ4n) is 2.78. The highest BCUT2D eigenvalue weighted by molar-refractivity contribution is 5.91. The lowest BCUT2D eigenvalue weighted by Crippen LogP contribution is -2.42. The smallest absolute Gasteiger partial charge is 0.246 e. The lowest BCUT2D eigenvalue weighted by Gasteiger charge is -2.32. The summed E-state index contributed by atoms with van der Waals surface area (Å²) in [5.74, 6) is 0.875. The molecule has 0 aliphatic carbocycles. The van der Waals surface area contributed by atoms with Crippen molar-refractivity contribution in [3.63, 3.8) is 0 Å². The van der Waals surface area contributed by atoms with Crippen LogP contribution in [0.25, 0.3) is 6.08 Å². The molecule has 1 aromatic heterocycles. The lowest BCUT2D eigenvalue weighted by atomic mass is 10.2. The van der Waals surface area contributed by atoms with Gasteiger partial charge in [0.05, 0.1) is 18.8 Å². The molecule has 23 heavy (non-hydrogen) atoms. The molecule has 2 aromatic rings.